The molecule has 1 aliphatic rings. The topological polar surface area (TPSA) is 26.3 Å². The Morgan fingerprint density at radius 1 is 1.29 bits per heavy atom. The van der Waals surface area contributed by atoms with Gasteiger partial charge in [0.15, 0.2) is 0 Å². The summed E-state index contributed by atoms with van der Waals surface area (Å²) in [5.41, 5.74) is 0.130. The lowest BCUT2D eigenvalue weighted by Crippen LogP contribution is -2.32. The number of allylic oxidation sites excluding steroid dienone is 2. The van der Waals surface area contributed by atoms with Gasteiger partial charge in [-0.25, -0.2) is 4.79 Å². The second kappa shape index (κ2) is 5.00. The highest BCUT2D eigenvalue weighted by atomic mass is 16.6. The third kappa shape index (κ3) is 2.64. The zero-order chi connectivity index (χ0) is 12.1. The van der Waals surface area contributed by atoms with Crippen molar-refractivity contribution in [2.45, 2.75) is 25.4 Å². The van der Waals surface area contributed by atoms with Gasteiger partial charge in [0.2, 0.25) is 0 Å². The predicted molar refractivity (Wildman–Crippen MR) is 67.8 cm³/mol. The Morgan fingerprint density at radius 3 is 2.65 bits per heavy atom. The number of hydrogen-bond acceptors (Lipinski definition) is 2. The van der Waals surface area contributed by atoms with Crippen LogP contribution in [0, 0.1) is 0 Å². The van der Waals surface area contributed by atoms with Crippen molar-refractivity contribution in [1.82, 2.24) is 0 Å². The van der Waals surface area contributed by atoms with Crippen molar-refractivity contribution in [3.63, 3.8) is 0 Å². The van der Waals surface area contributed by atoms with Crippen LogP contribution < -0.4 is 0 Å². The van der Waals surface area contributed by atoms with Crippen LogP contribution in [0.15, 0.2) is 54.6 Å². The van der Waals surface area contributed by atoms with E-state index in [2.05, 4.69) is 0 Å². The van der Waals surface area contributed by atoms with E-state index in [1.165, 1.54) is 0 Å². The van der Waals surface area contributed by atoms with E-state index in [4.69, 9.17) is 4.74 Å². The van der Waals surface area contributed by atoms with Crippen LogP contribution in [-0.4, -0.2) is 11.6 Å². The third-order valence-electron chi connectivity index (χ3n) is 3.01. The highest BCUT2D eigenvalue weighted by Gasteiger charge is 2.29. The lowest BCUT2D eigenvalue weighted by molar-refractivity contribution is 0.00299. The van der Waals surface area contributed by atoms with Crippen molar-refractivity contribution >= 4 is 5.97 Å². The number of benzene rings is 1. The van der Waals surface area contributed by atoms with Crippen molar-refractivity contribution in [2.24, 2.45) is 0 Å². The molecule has 0 aliphatic heterocycles. The molecule has 0 amide bonds. The Kier molecular flexibility index (Phi) is 3.43. The van der Waals surface area contributed by atoms with Crippen LogP contribution in [0.1, 0.15) is 30.1 Å². The molecule has 17 heavy (non-hydrogen) atoms. The van der Waals surface area contributed by atoms with E-state index in [0.29, 0.717) is 5.56 Å². The minimum Gasteiger partial charge on any atom is -0.451 e. The summed E-state index contributed by atoms with van der Waals surface area (Å²) in [6.45, 7) is 2.03. The van der Waals surface area contributed by atoms with E-state index in [1.807, 2.05) is 49.4 Å². The Morgan fingerprint density at radius 2 is 2.06 bits per heavy atom. The summed E-state index contributed by atoms with van der Waals surface area (Å²) in [4.78, 5) is 12.0. The monoisotopic (exact) mass is 228 g/mol. The zero-order valence-corrected chi connectivity index (χ0v) is 9.93. The van der Waals surface area contributed by atoms with E-state index >= 15 is 0 Å². The molecular weight excluding hydrogens is 212 g/mol. The quantitative estimate of drug-likeness (QED) is 0.740. The van der Waals surface area contributed by atoms with E-state index in [9.17, 15) is 4.79 Å². The molecule has 2 nitrogen and oxygen atoms in total. The van der Waals surface area contributed by atoms with Crippen molar-refractivity contribution in [3.8, 4) is 0 Å². The van der Waals surface area contributed by atoms with Crippen molar-refractivity contribution in [3.05, 3.63) is 60.2 Å². The predicted octanol–water partition coefficient (Wildman–Crippen LogP) is 3.51. The van der Waals surface area contributed by atoms with Gasteiger partial charge < -0.3 is 4.74 Å². The van der Waals surface area contributed by atoms with E-state index in [1.54, 1.807) is 12.1 Å². The summed E-state index contributed by atoms with van der Waals surface area (Å²) >= 11 is 0. The second-order valence-electron chi connectivity index (χ2n) is 4.17. The Balaban J connectivity index is 2.12. The molecule has 0 radical (unpaired) electrons. The number of ether oxygens (including phenoxy) is 1. The minimum absolute atomic E-state index is 0.257. The zero-order valence-electron chi connectivity index (χ0n) is 9.93. The molecule has 0 saturated heterocycles. The third-order valence-corrected chi connectivity index (χ3v) is 3.01. The summed E-state index contributed by atoms with van der Waals surface area (Å²) in [7, 11) is 0. The molecule has 0 spiro atoms. The average Bonchev–Trinajstić information content (AvgIpc) is 2.41. The molecule has 0 aromatic heterocycles. The summed E-state index contributed by atoms with van der Waals surface area (Å²) < 4.78 is 5.64. The smallest absolute Gasteiger partial charge is 0.339 e. The molecular formula is C15H16O2. The van der Waals surface area contributed by atoms with Crippen molar-refractivity contribution in [1.29, 1.82) is 0 Å². The van der Waals surface area contributed by atoms with Gasteiger partial charge in [0.25, 0.3) is 0 Å². The molecule has 88 valence electrons. The molecule has 2 rings (SSSR count). The van der Waals surface area contributed by atoms with Gasteiger partial charge in [-0.1, -0.05) is 43.4 Å². The van der Waals surface area contributed by atoms with Gasteiger partial charge in [0.1, 0.15) is 5.60 Å². The number of hydrogen-bond donors (Lipinski definition) is 0. The summed E-state index contributed by atoms with van der Waals surface area (Å²) in [5, 5.41) is 0. The summed E-state index contributed by atoms with van der Waals surface area (Å²) in [6, 6.07) is 9.11. The number of esters is 1. The van der Waals surface area contributed by atoms with Gasteiger partial charge in [-0.3, -0.25) is 0 Å². The van der Waals surface area contributed by atoms with Crippen molar-refractivity contribution in [2.75, 3.05) is 0 Å². The molecule has 1 aromatic carbocycles. The Bertz CT molecular complexity index is 445. The van der Waals surface area contributed by atoms with Gasteiger partial charge in [-0.15, -0.1) is 0 Å². The molecule has 1 aliphatic carbocycles. The van der Waals surface area contributed by atoms with Crippen LogP contribution in [0.4, 0.5) is 0 Å². The maximum absolute atomic E-state index is 12.0. The first-order valence-corrected chi connectivity index (χ1v) is 5.88. The SMILES string of the molecule is CCC1(OC(=O)c2ccccc2)C=CC=CC1. The molecule has 0 saturated carbocycles. The molecule has 0 bridgehead atoms. The van der Waals surface area contributed by atoms with Crippen LogP contribution in [0.5, 0.6) is 0 Å². The van der Waals surface area contributed by atoms with Crippen LogP contribution >= 0.6 is 0 Å². The normalized spacial score (nSPS) is 22.4. The van der Waals surface area contributed by atoms with E-state index < -0.39 is 5.60 Å². The fourth-order valence-corrected chi connectivity index (χ4v) is 1.87. The van der Waals surface area contributed by atoms with Crippen LogP contribution in [-0.2, 0) is 4.74 Å². The van der Waals surface area contributed by atoms with Crippen LogP contribution in [0.3, 0.4) is 0 Å². The van der Waals surface area contributed by atoms with E-state index in [-0.39, 0.29) is 5.97 Å². The fourth-order valence-electron chi connectivity index (χ4n) is 1.87. The highest BCUT2D eigenvalue weighted by molar-refractivity contribution is 5.89. The maximum atomic E-state index is 12.0. The first-order valence-electron chi connectivity index (χ1n) is 5.88. The average molecular weight is 228 g/mol. The number of rotatable bonds is 3. The number of carbonyl (C=O) groups is 1. The van der Waals surface area contributed by atoms with Crippen LogP contribution in [0.2, 0.25) is 0 Å². The molecule has 1 aromatic rings. The molecule has 2 heteroatoms. The lowest BCUT2D eigenvalue weighted by Gasteiger charge is -2.29. The Hall–Kier alpha value is -1.83. The molecule has 0 N–H and O–H groups in total. The van der Waals surface area contributed by atoms with Gasteiger partial charge >= 0.3 is 5.97 Å². The second-order valence-corrected chi connectivity index (χ2v) is 4.17. The van der Waals surface area contributed by atoms with Gasteiger partial charge in [-0.2, -0.15) is 0 Å². The summed E-state index contributed by atoms with van der Waals surface area (Å²) in [5.74, 6) is -0.257. The Labute approximate surface area is 102 Å². The molecule has 1 unspecified atom stereocenters. The van der Waals surface area contributed by atoms with Crippen LogP contribution in [0.25, 0.3) is 0 Å². The molecule has 1 atom stereocenters. The maximum Gasteiger partial charge on any atom is 0.339 e. The lowest BCUT2D eigenvalue weighted by atomic mass is 9.92. The van der Waals surface area contributed by atoms with Gasteiger partial charge in [0, 0.05) is 6.42 Å². The fraction of sp³-hybridized carbons (Fsp3) is 0.267. The van der Waals surface area contributed by atoms with Crippen molar-refractivity contribution < 1.29 is 9.53 Å². The van der Waals surface area contributed by atoms with Gasteiger partial charge in [0.05, 0.1) is 5.56 Å². The van der Waals surface area contributed by atoms with E-state index in [0.717, 1.165) is 12.8 Å². The first-order chi connectivity index (χ1) is 8.26. The largest absolute Gasteiger partial charge is 0.451 e. The molecule has 0 fully saturated rings. The molecule has 0 heterocycles. The number of carbonyl (C=O) groups excluding carboxylic acids is 1. The first kappa shape index (κ1) is 11.6. The highest BCUT2D eigenvalue weighted by Crippen LogP contribution is 2.27. The standard InChI is InChI=1S/C15H16O2/c1-2-15(11-7-4-8-12-15)17-14(16)13-9-5-3-6-10-13/h3-11H,2,12H2,1H3. The van der Waals surface area contributed by atoms with Gasteiger partial charge in [-0.05, 0) is 24.6 Å². The summed E-state index contributed by atoms with van der Waals surface area (Å²) in [6.07, 6.45) is 9.44. The minimum atomic E-state index is -0.471.